The zero-order valence-electron chi connectivity index (χ0n) is 15.7. The van der Waals surface area contributed by atoms with E-state index in [0.717, 1.165) is 6.07 Å². The van der Waals surface area contributed by atoms with Crippen LogP contribution in [0.4, 0.5) is 23.2 Å². The molecule has 2 aromatic carbocycles. The molecule has 0 unspecified atom stereocenters. The van der Waals surface area contributed by atoms with E-state index < -0.39 is 44.8 Å². The Labute approximate surface area is 165 Å². The fraction of sp³-hybridized carbons (Fsp3) is 0.278. The predicted molar refractivity (Wildman–Crippen MR) is 97.3 cm³/mol. The predicted octanol–water partition coefficient (Wildman–Crippen LogP) is 3.53. The third-order valence-electron chi connectivity index (χ3n) is 4.11. The van der Waals surface area contributed by atoms with Gasteiger partial charge in [-0.05, 0) is 24.3 Å². The van der Waals surface area contributed by atoms with Crippen LogP contribution in [0.3, 0.4) is 0 Å². The Morgan fingerprint density at radius 3 is 2.21 bits per heavy atom. The zero-order valence-corrected chi connectivity index (χ0v) is 16.5. The first-order chi connectivity index (χ1) is 13.6. The molecule has 11 heteroatoms. The number of nitrogens with one attached hydrogen (secondary N) is 1. The number of halogens is 4. The molecule has 0 aromatic heterocycles. The van der Waals surface area contributed by atoms with Gasteiger partial charge in [0.2, 0.25) is 10.0 Å². The number of carbonyl (C=O) groups is 1. The van der Waals surface area contributed by atoms with Crippen molar-refractivity contribution in [3.63, 3.8) is 0 Å². The highest BCUT2D eigenvalue weighted by atomic mass is 32.2. The molecular weight excluding hydrogens is 416 g/mol. The molecule has 0 aliphatic rings. The maximum Gasteiger partial charge on any atom is 0.258 e. The molecule has 2 aromatic rings. The molecule has 0 atom stereocenters. The number of sulfonamides is 1. The van der Waals surface area contributed by atoms with Crippen molar-refractivity contribution in [1.82, 2.24) is 4.31 Å². The minimum Gasteiger partial charge on any atom is -0.495 e. The van der Waals surface area contributed by atoms with E-state index in [1.807, 2.05) is 0 Å². The fourth-order valence-electron chi connectivity index (χ4n) is 2.59. The van der Waals surface area contributed by atoms with Gasteiger partial charge in [0.15, 0.2) is 23.3 Å². The summed E-state index contributed by atoms with van der Waals surface area (Å²) >= 11 is 0. The number of anilines is 1. The van der Waals surface area contributed by atoms with Crippen molar-refractivity contribution in [2.75, 3.05) is 25.5 Å². The van der Waals surface area contributed by atoms with Crippen molar-refractivity contribution in [1.29, 1.82) is 0 Å². The molecule has 6 nitrogen and oxygen atoms in total. The van der Waals surface area contributed by atoms with Crippen LogP contribution in [0.15, 0.2) is 29.2 Å². The van der Waals surface area contributed by atoms with Gasteiger partial charge in [-0.15, -0.1) is 0 Å². The summed E-state index contributed by atoms with van der Waals surface area (Å²) in [6, 6.07) is 3.78. The van der Waals surface area contributed by atoms with Crippen LogP contribution in [0.5, 0.6) is 5.75 Å². The molecule has 0 fully saturated rings. The average molecular weight is 434 g/mol. The molecule has 0 radical (unpaired) electrons. The Balaban J connectivity index is 2.49. The normalized spacial score (nSPS) is 11.6. The maximum atomic E-state index is 13.9. The number of ether oxygens (including phenoxy) is 1. The standard InChI is InChI=1S/C18H18F4N2O4S/c1-4-24(5-2)29(26,27)10-6-7-14(28-3)13(8-10)23-18(25)11-9-12(19)16(21)17(22)15(11)20/h6-9H,4-5H2,1-3H3,(H,23,25). The first-order valence-corrected chi connectivity index (χ1v) is 9.84. The highest BCUT2D eigenvalue weighted by Crippen LogP contribution is 2.30. The van der Waals surface area contributed by atoms with E-state index in [1.165, 1.54) is 23.5 Å². The monoisotopic (exact) mass is 434 g/mol. The summed E-state index contributed by atoms with van der Waals surface area (Å²) < 4.78 is 85.3. The molecule has 0 saturated heterocycles. The molecule has 29 heavy (non-hydrogen) atoms. The Morgan fingerprint density at radius 2 is 1.66 bits per heavy atom. The van der Waals surface area contributed by atoms with E-state index in [4.69, 9.17) is 4.74 Å². The van der Waals surface area contributed by atoms with Crippen molar-refractivity contribution in [2.24, 2.45) is 0 Å². The number of hydrogen-bond donors (Lipinski definition) is 1. The van der Waals surface area contributed by atoms with Gasteiger partial charge in [-0.1, -0.05) is 13.8 Å². The molecule has 0 bridgehead atoms. The van der Waals surface area contributed by atoms with Gasteiger partial charge in [-0.25, -0.2) is 26.0 Å². The molecular formula is C18H18F4N2O4S. The summed E-state index contributed by atoms with van der Waals surface area (Å²) in [5.74, 6) is -9.13. The highest BCUT2D eigenvalue weighted by molar-refractivity contribution is 7.89. The first kappa shape index (κ1) is 22.6. The quantitative estimate of drug-likeness (QED) is 0.411. The molecule has 0 spiro atoms. The van der Waals surface area contributed by atoms with Gasteiger partial charge >= 0.3 is 0 Å². The maximum absolute atomic E-state index is 13.9. The Hall–Kier alpha value is -2.66. The molecule has 2 rings (SSSR count). The summed E-state index contributed by atoms with van der Waals surface area (Å²) in [4.78, 5) is 12.1. The minimum absolute atomic E-state index is 0.0142. The second-order valence-corrected chi connectivity index (χ2v) is 7.69. The summed E-state index contributed by atoms with van der Waals surface area (Å²) in [5.41, 5.74) is -1.28. The summed E-state index contributed by atoms with van der Waals surface area (Å²) in [5, 5.41) is 2.14. The van der Waals surface area contributed by atoms with Crippen molar-refractivity contribution < 1.29 is 35.5 Å². The van der Waals surface area contributed by atoms with Gasteiger partial charge in [0, 0.05) is 13.1 Å². The summed E-state index contributed by atoms with van der Waals surface area (Å²) in [7, 11) is -2.66. The number of rotatable bonds is 7. The van der Waals surface area contributed by atoms with Crippen LogP contribution in [-0.2, 0) is 10.0 Å². The third-order valence-corrected chi connectivity index (χ3v) is 6.16. The molecule has 1 amide bonds. The third kappa shape index (κ3) is 4.35. The number of benzene rings is 2. The number of hydrogen-bond acceptors (Lipinski definition) is 4. The van der Waals surface area contributed by atoms with Crippen LogP contribution < -0.4 is 10.1 Å². The van der Waals surface area contributed by atoms with Crippen LogP contribution >= 0.6 is 0 Å². The number of nitrogens with zero attached hydrogens (tertiary/aromatic N) is 1. The second-order valence-electron chi connectivity index (χ2n) is 5.75. The molecule has 0 aliphatic carbocycles. The lowest BCUT2D eigenvalue weighted by Crippen LogP contribution is -2.30. The average Bonchev–Trinajstić information content (AvgIpc) is 2.69. The van der Waals surface area contributed by atoms with Crippen LogP contribution in [-0.4, -0.2) is 38.8 Å². The van der Waals surface area contributed by atoms with E-state index >= 15 is 0 Å². The topological polar surface area (TPSA) is 75.7 Å². The number of amides is 1. The molecule has 1 N–H and O–H groups in total. The van der Waals surface area contributed by atoms with E-state index in [9.17, 15) is 30.8 Å². The minimum atomic E-state index is -3.89. The van der Waals surface area contributed by atoms with Gasteiger partial charge in [0.25, 0.3) is 5.91 Å². The zero-order chi connectivity index (χ0) is 21.9. The van der Waals surface area contributed by atoms with Gasteiger partial charge in [-0.3, -0.25) is 4.79 Å². The van der Waals surface area contributed by atoms with E-state index in [1.54, 1.807) is 13.8 Å². The lowest BCUT2D eigenvalue weighted by molar-refractivity contribution is 0.102. The summed E-state index contributed by atoms with van der Waals surface area (Å²) in [6.45, 7) is 3.69. The molecule has 0 saturated carbocycles. The van der Waals surface area contributed by atoms with Crippen molar-refractivity contribution in [3.8, 4) is 5.75 Å². The lowest BCUT2D eigenvalue weighted by Gasteiger charge is -2.19. The van der Waals surface area contributed by atoms with Crippen LogP contribution in [0.25, 0.3) is 0 Å². The Kier molecular flexibility index (Phi) is 6.85. The number of methoxy groups -OCH3 is 1. The smallest absolute Gasteiger partial charge is 0.258 e. The first-order valence-electron chi connectivity index (χ1n) is 8.40. The van der Waals surface area contributed by atoms with Crippen molar-refractivity contribution in [3.05, 3.63) is 53.1 Å². The molecule has 0 heterocycles. The highest BCUT2D eigenvalue weighted by Gasteiger charge is 2.26. The second kappa shape index (κ2) is 8.78. The van der Waals surface area contributed by atoms with Crippen LogP contribution in [0.2, 0.25) is 0 Å². The van der Waals surface area contributed by atoms with Crippen LogP contribution in [0.1, 0.15) is 24.2 Å². The van der Waals surface area contributed by atoms with Gasteiger partial charge < -0.3 is 10.1 Å². The SMILES string of the molecule is CCN(CC)S(=O)(=O)c1ccc(OC)c(NC(=O)c2cc(F)c(F)c(F)c2F)c1. The Bertz CT molecular complexity index is 1040. The van der Waals surface area contributed by atoms with E-state index in [0.29, 0.717) is 0 Å². The molecule has 158 valence electrons. The largest absolute Gasteiger partial charge is 0.495 e. The Morgan fingerprint density at radius 1 is 1.03 bits per heavy atom. The fourth-order valence-corrected chi connectivity index (χ4v) is 4.07. The molecule has 0 aliphatic heterocycles. The lowest BCUT2D eigenvalue weighted by atomic mass is 10.1. The van der Waals surface area contributed by atoms with Gasteiger partial charge in [0.05, 0.1) is 23.3 Å². The van der Waals surface area contributed by atoms with Gasteiger partial charge in [-0.2, -0.15) is 4.31 Å². The van der Waals surface area contributed by atoms with Gasteiger partial charge in [0.1, 0.15) is 5.75 Å². The number of carbonyl (C=O) groups excluding carboxylic acids is 1. The van der Waals surface area contributed by atoms with Crippen molar-refractivity contribution in [2.45, 2.75) is 18.7 Å². The van der Waals surface area contributed by atoms with Crippen molar-refractivity contribution >= 4 is 21.6 Å². The van der Waals surface area contributed by atoms with E-state index in [2.05, 4.69) is 5.32 Å². The van der Waals surface area contributed by atoms with E-state index in [-0.39, 0.29) is 35.5 Å². The summed E-state index contributed by atoms with van der Waals surface area (Å²) in [6.07, 6.45) is 0. The van der Waals surface area contributed by atoms with Crippen LogP contribution in [0, 0.1) is 23.3 Å².